The van der Waals surface area contributed by atoms with Crippen LogP contribution in [0.25, 0.3) is 0 Å². The van der Waals surface area contributed by atoms with Crippen molar-refractivity contribution in [2.24, 2.45) is 5.92 Å². The van der Waals surface area contributed by atoms with E-state index in [1.807, 2.05) is 0 Å². The number of rotatable bonds is 6. The standard InChI is InChI=1S/C18H23ClFNO3/c1-12(2)6-5-11-24-18(23)15-9-4-10-21(15)17(22)13-7-3-8-14(19)16(13)20/h3,7-8,12,15H,4-6,9-11H2,1-2H3. The lowest BCUT2D eigenvalue weighted by molar-refractivity contribution is -0.148. The molecule has 1 fully saturated rings. The molecule has 1 aromatic carbocycles. The van der Waals surface area contributed by atoms with Crippen molar-refractivity contribution in [2.45, 2.75) is 45.6 Å². The number of carbonyl (C=O) groups is 2. The summed E-state index contributed by atoms with van der Waals surface area (Å²) >= 11 is 5.74. The Morgan fingerprint density at radius 3 is 2.88 bits per heavy atom. The van der Waals surface area contributed by atoms with Gasteiger partial charge < -0.3 is 9.64 Å². The van der Waals surface area contributed by atoms with Crippen molar-refractivity contribution >= 4 is 23.5 Å². The molecule has 1 atom stereocenters. The first kappa shape index (κ1) is 18.7. The minimum Gasteiger partial charge on any atom is -0.464 e. The average Bonchev–Trinajstić information content (AvgIpc) is 3.03. The lowest BCUT2D eigenvalue weighted by Crippen LogP contribution is -2.41. The molecule has 0 saturated carbocycles. The third-order valence-corrected chi connectivity index (χ3v) is 4.43. The maximum absolute atomic E-state index is 14.1. The second-order valence-electron chi connectivity index (χ2n) is 6.46. The highest BCUT2D eigenvalue weighted by atomic mass is 35.5. The number of benzene rings is 1. The van der Waals surface area contributed by atoms with E-state index in [9.17, 15) is 14.0 Å². The molecular weight excluding hydrogens is 333 g/mol. The summed E-state index contributed by atoms with van der Waals surface area (Å²) in [6.45, 7) is 4.98. The Morgan fingerprint density at radius 1 is 1.42 bits per heavy atom. The van der Waals surface area contributed by atoms with Gasteiger partial charge in [-0.3, -0.25) is 4.79 Å². The van der Waals surface area contributed by atoms with Gasteiger partial charge in [-0.05, 0) is 43.7 Å². The molecule has 4 nitrogen and oxygen atoms in total. The summed E-state index contributed by atoms with van der Waals surface area (Å²) in [5, 5.41) is -0.104. The number of esters is 1. The van der Waals surface area contributed by atoms with Gasteiger partial charge in [0.05, 0.1) is 17.2 Å². The molecule has 0 N–H and O–H groups in total. The zero-order chi connectivity index (χ0) is 17.7. The van der Waals surface area contributed by atoms with Crippen molar-refractivity contribution < 1.29 is 18.7 Å². The van der Waals surface area contributed by atoms with Crippen molar-refractivity contribution in [3.05, 3.63) is 34.6 Å². The summed E-state index contributed by atoms with van der Waals surface area (Å²) < 4.78 is 19.4. The second kappa shape index (κ2) is 8.47. The Morgan fingerprint density at radius 2 is 2.17 bits per heavy atom. The molecule has 1 amide bonds. The van der Waals surface area contributed by atoms with Crippen molar-refractivity contribution in [3.63, 3.8) is 0 Å². The highest BCUT2D eigenvalue weighted by Crippen LogP contribution is 2.25. The summed E-state index contributed by atoms with van der Waals surface area (Å²) in [5.74, 6) is -1.12. The third-order valence-electron chi connectivity index (χ3n) is 4.14. The largest absolute Gasteiger partial charge is 0.464 e. The minimum atomic E-state index is -0.750. The van der Waals surface area contributed by atoms with Crippen LogP contribution in [0.4, 0.5) is 4.39 Å². The lowest BCUT2D eigenvalue weighted by Gasteiger charge is -2.23. The molecule has 0 radical (unpaired) electrons. The van der Waals surface area contributed by atoms with Crippen LogP contribution < -0.4 is 0 Å². The predicted molar refractivity (Wildman–Crippen MR) is 90.5 cm³/mol. The van der Waals surface area contributed by atoms with E-state index >= 15 is 0 Å². The number of carbonyl (C=O) groups excluding carboxylic acids is 2. The average molecular weight is 356 g/mol. The quantitative estimate of drug-likeness (QED) is 0.571. The van der Waals surface area contributed by atoms with E-state index in [4.69, 9.17) is 16.3 Å². The Balaban J connectivity index is 2.00. The fourth-order valence-electron chi connectivity index (χ4n) is 2.84. The normalized spacial score (nSPS) is 17.4. The Kier molecular flexibility index (Phi) is 6.60. The lowest BCUT2D eigenvalue weighted by atomic mass is 10.1. The molecule has 1 aliphatic rings. The molecule has 1 aliphatic heterocycles. The molecule has 0 aliphatic carbocycles. The van der Waals surface area contributed by atoms with E-state index in [-0.39, 0.29) is 10.6 Å². The molecule has 0 aromatic heterocycles. The van der Waals surface area contributed by atoms with Gasteiger partial charge in [0.25, 0.3) is 5.91 Å². The molecule has 0 spiro atoms. The molecule has 0 bridgehead atoms. The molecule has 1 heterocycles. The van der Waals surface area contributed by atoms with E-state index in [1.165, 1.54) is 23.1 Å². The molecule has 132 valence electrons. The highest BCUT2D eigenvalue weighted by molar-refractivity contribution is 6.31. The van der Waals surface area contributed by atoms with Crippen LogP contribution in [0.15, 0.2) is 18.2 Å². The summed E-state index contributed by atoms with van der Waals surface area (Å²) in [6.07, 6.45) is 3.01. The molecule has 1 saturated heterocycles. The smallest absolute Gasteiger partial charge is 0.328 e. The first-order valence-electron chi connectivity index (χ1n) is 8.33. The molecule has 2 rings (SSSR count). The van der Waals surface area contributed by atoms with Gasteiger partial charge in [0.2, 0.25) is 0 Å². The van der Waals surface area contributed by atoms with Crippen LogP contribution in [0.5, 0.6) is 0 Å². The second-order valence-corrected chi connectivity index (χ2v) is 6.87. The number of hydrogen-bond acceptors (Lipinski definition) is 3. The summed E-state index contributed by atoms with van der Waals surface area (Å²) in [7, 11) is 0. The van der Waals surface area contributed by atoms with Crippen LogP contribution in [0.3, 0.4) is 0 Å². The highest BCUT2D eigenvalue weighted by Gasteiger charge is 2.36. The fourth-order valence-corrected chi connectivity index (χ4v) is 3.01. The van der Waals surface area contributed by atoms with Gasteiger partial charge in [0, 0.05) is 6.54 Å². The molecule has 24 heavy (non-hydrogen) atoms. The van der Waals surface area contributed by atoms with Crippen LogP contribution in [0.2, 0.25) is 5.02 Å². The van der Waals surface area contributed by atoms with Crippen LogP contribution in [0, 0.1) is 11.7 Å². The van der Waals surface area contributed by atoms with Gasteiger partial charge in [0.1, 0.15) is 6.04 Å². The van der Waals surface area contributed by atoms with Gasteiger partial charge >= 0.3 is 5.97 Å². The van der Waals surface area contributed by atoms with Gasteiger partial charge in [-0.1, -0.05) is 31.5 Å². The number of halogens is 2. The van der Waals surface area contributed by atoms with Crippen molar-refractivity contribution in [1.82, 2.24) is 4.90 Å². The van der Waals surface area contributed by atoms with Crippen molar-refractivity contribution in [1.29, 1.82) is 0 Å². The third kappa shape index (κ3) is 4.47. The molecule has 6 heteroatoms. The van der Waals surface area contributed by atoms with Crippen molar-refractivity contribution in [2.75, 3.05) is 13.2 Å². The zero-order valence-corrected chi connectivity index (χ0v) is 14.8. The monoisotopic (exact) mass is 355 g/mol. The summed E-state index contributed by atoms with van der Waals surface area (Å²) in [6, 6.07) is 3.65. The topological polar surface area (TPSA) is 46.6 Å². The molecular formula is C18H23ClFNO3. The van der Waals surface area contributed by atoms with Gasteiger partial charge in [0.15, 0.2) is 5.82 Å². The maximum Gasteiger partial charge on any atom is 0.328 e. The van der Waals surface area contributed by atoms with Crippen molar-refractivity contribution in [3.8, 4) is 0 Å². The Labute approximate surface area is 146 Å². The van der Waals surface area contributed by atoms with Crippen LogP contribution in [-0.2, 0) is 9.53 Å². The SMILES string of the molecule is CC(C)CCCOC(=O)C1CCCN1C(=O)c1cccc(Cl)c1F. The van der Waals surface area contributed by atoms with E-state index in [0.717, 1.165) is 12.8 Å². The van der Waals surface area contributed by atoms with Crippen LogP contribution in [-0.4, -0.2) is 36.0 Å². The van der Waals surface area contributed by atoms with E-state index < -0.39 is 23.7 Å². The minimum absolute atomic E-state index is 0.104. The summed E-state index contributed by atoms with van der Waals surface area (Å²) in [4.78, 5) is 26.2. The number of nitrogens with zero attached hydrogens (tertiary/aromatic N) is 1. The molecule has 1 aromatic rings. The first-order valence-corrected chi connectivity index (χ1v) is 8.71. The fraction of sp³-hybridized carbons (Fsp3) is 0.556. The van der Waals surface area contributed by atoms with Crippen LogP contribution in [0.1, 0.15) is 49.9 Å². The Hall–Kier alpha value is -1.62. The predicted octanol–water partition coefficient (Wildman–Crippen LogP) is 4.06. The maximum atomic E-state index is 14.1. The summed E-state index contributed by atoms with van der Waals surface area (Å²) in [5.41, 5.74) is -0.109. The van der Waals surface area contributed by atoms with Gasteiger partial charge in [-0.15, -0.1) is 0 Å². The van der Waals surface area contributed by atoms with Crippen LogP contribution >= 0.6 is 11.6 Å². The number of ether oxygens (including phenoxy) is 1. The van der Waals surface area contributed by atoms with Gasteiger partial charge in [-0.2, -0.15) is 0 Å². The van der Waals surface area contributed by atoms with E-state index in [0.29, 0.717) is 31.9 Å². The van der Waals surface area contributed by atoms with Gasteiger partial charge in [-0.25, -0.2) is 9.18 Å². The molecule has 1 unspecified atom stereocenters. The van der Waals surface area contributed by atoms with E-state index in [2.05, 4.69) is 13.8 Å². The number of likely N-dealkylation sites (tertiary alicyclic amines) is 1. The zero-order valence-electron chi connectivity index (χ0n) is 14.1. The number of amides is 1. The first-order chi connectivity index (χ1) is 11.4. The number of hydrogen-bond donors (Lipinski definition) is 0. The van der Waals surface area contributed by atoms with E-state index in [1.54, 1.807) is 0 Å². The Bertz CT molecular complexity index is 606.